The zero-order valence-electron chi connectivity index (χ0n) is 7.49. The third-order valence-electron chi connectivity index (χ3n) is 1.93. The van der Waals surface area contributed by atoms with Crippen molar-refractivity contribution in [2.24, 2.45) is 0 Å². The lowest BCUT2D eigenvalue weighted by Crippen LogP contribution is -1.85. The van der Waals surface area contributed by atoms with Crippen molar-refractivity contribution in [3.05, 3.63) is 28.9 Å². The molecule has 0 aliphatic carbocycles. The Hall–Kier alpha value is -1.29. The van der Waals surface area contributed by atoms with Crippen LogP contribution in [0.5, 0.6) is 11.5 Å². The average molecular weight is 254 g/mol. The van der Waals surface area contributed by atoms with Crippen LogP contribution in [0, 0.1) is 0 Å². The van der Waals surface area contributed by atoms with E-state index in [0.717, 1.165) is 21.1 Å². The molecule has 0 bridgehead atoms. The molecule has 0 radical (unpaired) electrons. The zero-order chi connectivity index (χ0) is 10.1. The first-order valence-electron chi connectivity index (χ1n) is 4.03. The summed E-state index contributed by atoms with van der Waals surface area (Å²) in [4.78, 5) is 4.10. The van der Waals surface area contributed by atoms with Crippen LogP contribution in [0.1, 0.15) is 0 Å². The molecule has 1 heterocycles. The van der Waals surface area contributed by atoms with Crippen molar-refractivity contribution < 1.29 is 9.84 Å². The number of methoxy groups -OCH3 is 1. The number of pyridine rings is 1. The van der Waals surface area contributed by atoms with Gasteiger partial charge < -0.3 is 9.84 Å². The largest absolute Gasteiger partial charge is 0.506 e. The first-order chi connectivity index (χ1) is 6.70. The number of aromatic hydroxyl groups is 1. The van der Waals surface area contributed by atoms with Crippen LogP contribution in [0.2, 0.25) is 0 Å². The molecule has 0 spiro atoms. The first kappa shape index (κ1) is 9.27. The normalized spacial score (nSPS) is 10.4. The average Bonchev–Trinajstić information content (AvgIpc) is 2.16. The second-order valence-corrected chi connectivity index (χ2v) is 3.73. The van der Waals surface area contributed by atoms with E-state index in [-0.39, 0.29) is 5.75 Å². The van der Waals surface area contributed by atoms with Gasteiger partial charge in [-0.2, -0.15) is 0 Å². The highest BCUT2D eigenvalue weighted by Gasteiger charge is 2.04. The van der Waals surface area contributed by atoms with E-state index in [9.17, 15) is 5.11 Å². The molecule has 0 unspecified atom stereocenters. The van der Waals surface area contributed by atoms with Gasteiger partial charge in [-0.3, -0.25) is 4.98 Å². The van der Waals surface area contributed by atoms with Gasteiger partial charge in [0.25, 0.3) is 0 Å². The van der Waals surface area contributed by atoms with Crippen LogP contribution in [-0.4, -0.2) is 17.2 Å². The van der Waals surface area contributed by atoms with Crippen molar-refractivity contribution in [3.63, 3.8) is 0 Å². The number of aromatic nitrogens is 1. The maximum absolute atomic E-state index is 9.27. The molecule has 4 heteroatoms. The lowest BCUT2D eigenvalue weighted by Gasteiger charge is -2.04. The summed E-state index contributed by atoms with van der Waals surface area (Å²) < 4.78 is 5.96. The Morgan fingerprint density at radius 3 is 2.86 bits per heavy atom. The molecule has 0 aliphatic heterocycles. The van der Waals surface area contributed by atoms with E-state index in [4.69, 9.17) is 4.74 Å². The van der Waals surface area contributed by atoms with Crippen molar-refractivity contribution >= 4 is 26.8 Å². The Balaban J connectivity index is 2.77. The minimum absolute atomic E-state index is 0.151. The molecule has 0 fully saturated rings. The minimum atomic E-state index is 0.151. The maximum atomic E-state index is 9.27. The smallest absolute Gasteiger partial charge is 0.134 e. The van der Waals surface area contributed by atoms with E-state index in [1.807, 2.05) is 12.1 Å². The second kappa shape index (κ2) is 3.46. The number of nitrogens with zero attached hydrogens (tertiary/aromatic N) is 1. The van der Waals surface area contributed by atoms with Gasteiger partial charge >= 0.3 is 0 Å². The van der Waals surface area contributed by atoms with Crippen molar-refractivity contribution in [2.75, 3.05) is 7.11 Å². The highest BCUT2D eigenvalue weighted by atomic mass is 79.9. The highest BCUT2D eigenvalue weighted by Crippen LogP contribution is 2.29. The SMILES string of the molecule is COc1cc(Br)c2ncc(O)cc2c1. The van der Waals surface area contributed by atoms with E-state index >= 15 is 0 Å². The molecule has 0 saturated carbocycles. The number of hydrogen-bond donors (Lipinski definition) is 1. The Labute approximate surface area is 89.5 Å². The van der Waals surface area contributed by atoms with Gasteiger partial charge in [0.1, 0.15) is 11.5 Å². The molecule has 0 amide bonds. The highest BCUT2D eigenvalue weighted by molar-refractivity contribution is 9.10. The molecule has 3 nitrogen and oxygen atoms in total. The molecular formula is C10H8BrNO2. The third kappa shape index (κ3) is 1.53. The van der Waals surface area contributed by atoms with Crippen LogP contribution in [0.4, 0.5) is 0 Å². The molecule has 14 heavy (non-hydrogen) atoms. The predicted octanol–water partition coefficient (Wildman–Crippen LogP) is 2.71. The Morgan fingerprint density at radius 2 is 2.14 bits per heavy atom. The van der Waals surface area contributed by atoms with Crippen LogP contribution in [0.3, 0.4) is 0 Å². The lowest BCUT2D eigenvalue weighted by molar-refractivity contribution is 0.415. The lowest BCUT2D eigenvalue weighted by atomic mass is 10.2. The van der Waals surface area contributed by atoms with Crippen LogP contribution < -0.4 is 4.74 Å². The Morgan fingerprint density at radius 1 is 1.36 bits per heavy atom. The van der Waals surface area contributed by atoms with Crippen molar-refractivity contribution in [2.45, 2.75) is 0 Å². The number of ether oxygens (including phenoxy) is 1. The monoisotopic (exact) mass is 253 g/mol. The second-order valence-electron chi connectivity index (χ2n) is 2.87. The standard InChI is InChI=1S/C10H8BrNO2/c1-14-8-3-6-2-7(13)5-12-10(6)9(11)4-8/h2-5,13H,1H3. The summed E-state index contributed by atoms with van der Waals surface area (Å²) >= 11 is 3.39. The molecule has 1 aromatic heterocycles. The van der Waals surface area contributed by atoms with E-state index in [1.165, 1.54) is 6.20 Å². The van der Waals surface area contributed by atoms with Gasteiger partial charge in [-0.05, 0) is 34.1 Å². The van der Waals surface area contributed by atoms with Gasteiger partial charge in [-0.25, -0.2) is 0 Å². The van der Waals surface area contributed by atoms with E-state index in [2.05, 4.69) is 20.9 Å². The van der Waals surface area contributed by atoms with Crippen molar-refractivity contribution in [3.8, 4) is 11.5 Å². The fourth-order valence-corrected chi connectivity index (χ4v) is 1.84. The molecule has 1 aromatic carbocycles. The predicted molar refractivity (Wildman–Crippen MR) is 57.7 cm³/mol. The summed E-state index contributed by atoms with van der Waals surface area (Å²) in [6, 6.07) is 5.31. The summed E-state index contributed by atoms with van der Waals surface area (Å²) in [5.41, 5.74) is 0.809. The molecule has 0 atom stereocenters. The maximum Gasteiger partial charge on any atom is 0.134 e. The van der Waals surface area contributed by atoms with Crippen LogP contribution >= 0.6 is 15.9 Å². The van der Waals surface area contributed by atoms with Gasteiger partial charge in [-0.1, -0.05) is 0 Å². The van der Waals surface area contributed by atoms with Crippen LogP contribution in [-0.2, 0) is 0 Å². The third-order valence-corrected chi connectivity index (χ3v) is 2.54. The van der Waals surface area contributed by atoms with Gasteiger partial charge in [0, 0.05) is 9.86 Å². The fraction of sp³-hybridized carbons (Fsp3) is 0.100. The van der Waals surface area contributed by atoms with Crippen LogP contribution in [0.15, 0.2) is 28.9 Å². The molecule has 0 aliphatic rings. The Bertz CT molecular complexity index is 485. The number of fused-ring (bicyclic) bond motifs is 1. The molecule has 1 N–H and O–H groups in total. The molecule has 0 saturated heterocycles. The quantitative estimate of drug-likeness (QED) is 0.850. The van der Waals surface area contributed by atoms with E-state index < -0.39 is 0 Å². The molecule has 2 aromatic rings. The van der Waals surface area contributed by atoms with E-state index in [0.29, 0.717) is 0 Å². The number of hydrogen-bond acceptors (Lipinski definition) is 3. The first-order valence-corrected chi connectivity index (χ1v) is 4.82. The molecule has 2 rings (SSSR count). The summed E-state index contributed by atoms with van der Waals surface area (Å²) in [5.74, 6) is 0.884. The van der Waals surface area contributed by atoms with Gasteiger partial charge in [0.15, 0.2) is 0 Å². The van der Waals surface area contributed by atoms with Crippen LogP contribution in [0.25, 0.3) is 10.9 Å². The summed E-state index contributed by atoms with van der Waals surface area (Å²) in [6.45, 7) is 0. The van der Waals surface area contributed by atoms with Gasteiger partial charge in [-0.15, -0.1) is 0 Å². The van der Waals surface area contributed by atoms with Crippen molar-refractivity contribution in [1.29, 1.82) is 0 Å². The summed E-state index contributed by atoms with van der Waals surface area (Å²) in [5, 5.41) is 10.1. The van der Waals surface area contributed by atoms with Gasteiger partial charge in [0.2, 0.25) is 0 Å². The summed E-state index contributed by atoms with van der Waals surface area (Å²) in [7, 11) is 1.60. The topological polar surface area (TPSA) is 42.4 Å². The molecule has 72 valence electrons. The fourth-order valence-electron chi connectivity index (χ4n) is 1.29. The number of halogens is 1. The zero-order valence-corrected chi connectivity index (χ0v) is 9.08. The summed E-state index contributed by atoms with van der Waals surface area (Å²) in [6.07, 6.45) is 1.42. The number of benzene rings is 1. The number of rotatable bonds is 1. The van der Waals surface area contributed by atoms with Crippen molar-refractivity contribution in [1.82, 2.24) is 4.98 Å². The van der Waals surface area contributed by atoms with E-state index in [1.54, 1.807) is 13.2 Å². The Kier molecular flexibility index (Phi) is 2.29. The molecular weight excluding hydrogens is 246 g/mol. The minimum Gasteiger partial charge on any atom is -0.506 e. The van der Waals surface area contributed by atoms with Gasteiger partial charge in [0.05, 0.1) is 18.8 Å².